The van der Waals surface area contributed by atoms with E-state index in [1.165, 1.54) is 5.56 Å². The number of benzene rings is 3. The van der Waals surface area contributed by atoms with Crippen molar-refractivity contribution >= 4 is 16.7 Å². The molecule has 0 saturated carbocycles. The van der Waals surface area contributed by atoms with Crippen LogP contribution in [-0.4, -0.2) is 12.5 Å². The average molecular weight is 319 g/mol. The summed E-state index contributed by atoms with van der Waals surface area (Å²) < 4.78 is 5.74. The fourth-order valence-corrected chi connectivity index (χ4v) is 2.90. The molecule has 3 rings (SSSR count). The van der Waals surface area contributed by atoms with Gasteiger partial charge in [-0.15, -0.1) is 0 Å². The van der Waals surface area contributed by atoms with Gasteiger partial charge < -0.3 is 10.1 Å². The molecule has 1 atom stereocenters. The van der Waals surface area contributed by atoms with Gasteiger partial charge in [0.2, 0.25) is 0 Å². The Hall–Kier alpha value is -2.81. The van der Waals surface area contributed by atoms with E-state index in [2.05, 4.69) is 5.32 Å². The van der Waals surface area contributed by atoms with E-state index in [0.717, 1.165) is 22.1 Å². The third-order valence-electron chi connectivity index (χ3n) is 4.14. The van der Waals surface area contributed by atoms with Crippen LogP contribution >= 0.6 is 0 Å². The van der Waals surface area contributed by atoms with E-state index in [1.54, 1.807) is 0 Å². The van der Waals surface area contributed by atoms with Gasteiger partial charge in [-0.3, -0.25) is 4.79 Å². The number of ether oxygens (including phenoxy) is 1. The van der Waals surface area contributed by atoms with E-state index in [0.29, 0.717) is 0 Å². The highest BCUT2D eigenvalue weighted by molar-refractivity contribution is 5.88. The zero-order chi connectivity index (χ0) is 16.9. The summed E-state index contributed by atoms with van der Waals surface area (Å²) in [4.78, 5) is 12.2. The molecule has 0 aliphatic carbocycles. The Morgan fingerprint density at radius 1 is 1.00 bits per heavy atom. The lowest BCUT2D eigenvalue weighted by molar-refractivity contribution is -0.123. The number of amides is 1. The van der Waals surface area contributed by atoms with Crippen molar-refractivity contribution in [1.29, 1.82) is 0 Å². The molecule has 3 aromatic carbocycles. The number of rotatable bonds is 5. The summed E-state index contributed by atoms with van der Waals surface area (Å²) in [6, 6.07) is 21.9. The van der Waals surface area contributed by atoms with Gasteiger partial charge in [-0.2, -0.15) is 0 Å². The van der Waals surface area contributed by atoms with E-state index in [9.17, 15) is 4.79 Å². The lowest BCUT2D eigenvalue weighted by Gasteiger charge is -2.17. The quantitative estimate of drug-likeness (QED) is 0.757. The lowest BCUT2D eigenvalue weighted by atomic mass is 10.0. The fourth-order valence-electron chi connectivity index (χ4n) is 2.90. The van der Waals surface area contributed by atoms with E-state index >= 15 is 0 Å². The van der Waals surface area contributed by atoms with Crippen LogP contribution in [0.5, 0.6) is 5.75 Å². The summed E-state index contributed by atoms with van der Waals surface area (Å²) in [6.45, 7) is 4.03. The minimum atomic E-state index is -0.126. The average Bonchev–Trinajstić information content (AvgIpc) is 2.60. The molecule has 0 bridgehead atoms. The number of hydrogen-bond donors (Lipinski definition) is 1. The van der Waals surface area contributed by atoms with Gasteiger partial charge in [0.1, 0.15) is 5.75 Å². The molecule has 0 saturated heterocycles. The molecule has 0 spiro atoms. The Balaban J connectivity index is 1.64. The Labute approximate surface area is 142 Å². The number of hydrogen-bond acceptors (Lipinski definition) is 2. The largest absolute Gasteiger partial charge is 0.483 e. The zero-order valence-electron chi connectivity index (χ0n) is 14.0. The molecule has 24 heavy (non-hydrogen) atoms. The molecule has 1 unspecified atom stereocenters. The molecule has 0 aliphatic heterocycles. The number of nitrogens with one attached hydrogen (secondary N) is 1. The topological polar surface area (TPSA) is 38.3 Å². The van der Waals surface area contributed by atoms with Gasteiger partial charge in [0, 0.05) is 5.39 Å². The number of carbonyl (C=O) groups is 1. The molecule has 1 amide bonds. The van der Waals surface area contributed by atoms with Crippen LogP contribution in [0.1, 0.15) is 24.1 Å². The van der Waals surface area contributed by atoms with Crippen molar-refractivity contribution in [2.24, 2.45) is 0 Å². The summed E-state index contributed by atoms with van der Waals surface area (Å²) in [5.41, 5.74) is 2.29. The van der Waals surface area contributed by atoms with Crippen LogP contribution < -0.4 is 10.1 Å². The number of aryl methyl sites for hydroxylation is 1. The molecule has 3 nitrogen and oxygen atoms in total. The third kappa shape index (κ3) is 3.57. The summed E-state index contributed by atoms with van der Waals surface area (Å²) in [6.07, 6.45) is 0. The zero-order valence-corrected chi connectivity index (χ0v) is 14.0. The molecule has 0 heterocycles. The Bertz CT molecular complexity index is 852. The summed E-state index contributed by atoms with van der Waals surface area (Å²) >= 11 is 0. The first-order valence-electron chi connectivity index (χ1n) is 8.10. The molecule has 122 valence electrons. The first kappa shape index (κ1) is 16.1. The van der Waals surface area contributed by atoms with E-state index in [-0.39, 0.29) is 18.6 Å². The standard InChI is InChI=1S/C21H21NO2/c1-15-8-3-5-11-18(15)16(2)22-21(23)14-24-20-13-7-10-17-9-4-6-12-19(17)20/h3-13,16H,14H2,1-2H3,(H,22,23). The molecule has 1 N–H and O–H groups in total. The smallest absolute Gasteiger partial charge is 0.258 e. The van der Waals surface area contributed by atoms with Crippen molar-refractivity contribution in [3.8, 4) is 5.75 Å². The molecule has 3 heteroatoms. The Kier molecular flexibility index (Phi) is 4.80. The number of fused-ring (bicyclic) bond motifs is 1. The summed E-state index contributed by atoms with van der Waals surface area (Å²) in [5.74, 6) is 0.602. The van der Waals surface area contributed by atoms with Gasteiger partial charge in [-0.1, -0.05) is 60.7 Å². The predicted octanol–water partition coefficient (Wildman–Crippen LogP) is 4.40. The summed E-state index contributed by atoms with van der Waals surface area (Å²) in [7, 11) is 0. The SMILES string of the molecule is Cc1ccccc1C(C)NC(=O)COc1cccc2ccccc12. The van der Waals surface area contributed by atoms with Crippen molar-refractivity contribution in [2.45, 2.75) is 19.9 Å². The first-order valence-corrected chi connectivity index (χ1v) is 8.10. The van der Waals surface area contributed by atoms with Crippen molar-refractivity contribution in [3.63, 3.8) is 0 Å². The summed E-state index contributed by atoms with van der Waals surface area (Å²) in [5, 5.41) is 5.11. The third-order valence-corrected chi connectivity index (χ3v) is 4.14. The van der Waals surface area contributed by atoms with Crippen molar-refractivity contribution < 1.29 is 9.53 Å². The van der Waals surface area contributed by atoms with E-state index in [1.807, 2.05) is 80.6 Å². The van der Waals surface area contributed by atoms with E-state index < -0.39 is 0 Å². The molecule has 0 aliphatic rings. The highest BCUT2D eigenvalue weighted by Gasteiger charge is 2.12. The minimum absolute atomic E-state index is 0.00420. The van der Waals surface area contributed by atoms with Crippen LogP contribution in [-0.2, 0) is 4.79 Å². The van der Waals surface area contributed by atoms with Crippen LogP contribution in [0.3, 0.4) is 0 Å². The molecule has 0 radical (unpaired) electrons. The van der Waals surface area contributed by atoms with Gasteiger partial charge in [0.15, 0.2) is 6.61 Å². The second-order valence-corrected chi connectivity index (χ2v) is 5.91. The Morgan fingerprint density at radius 3 is 2.54 bits per heavy atom. The minimum Gasteiger partial charge on any atom is -0.483 e. The van der Waals surface area contributed by atoms with Crippen LogP contribution in [0.25, 0.3) is 10.8 Å². The van der Waals surface area contributed by atoms with Crippen molar-refractivity contribution in [2.75, 3.05) is 6.61 Å². The van der Waals surface area contributed by atoms with Gasteiger partial charge in [0.25, 0.3) is 5.91 Å². The number of carbonyl (C=O) groups excluding carboxylic acids is 1. The lowest BCUT2D eigenvalue weighted by Crippen LogP contribution is -2.31. The van der Waals surface area contributed by atoms with Gasteiger partial charge in [0.05, 0.1) is 6.04 Å². The molecular formula is C21H21NO2. The maximum Gasteiger partial charge on any atom is 0.258 e. The van der Waals surface area contributed by atoms with Gasteiger partial charge in [-0.25, -0.2) is 0 Å². The van der Waals surface area contributed by atoms with Crippen LogP contribution in [0.4, 0.5) is 0 Å². The van der Waals surface area contributed by atoms with Crippen molar-refractivity contribution in [1.82, 2.24) is 5.32 Å². The highest BCUT2D eigenvalue weighted by Crippen LogP contribution is 2.25. The second kappa shape index (κ2) is 7.18. The van der Waals surface area contributed by atoms with Crippen molar-refractivity contribution in [3.05, 3.63) is 77.9 Å². The van der Waals surface area contributed by atoms with Gasteiger partial charge >= 0.3 is 0 Å². The van der Waals surface area contributed by atoms with Crippen LogP contribution in [0.15, 0.2) is 66.7 Å². The van der Waals surface area contributed by atoms with Crippen LogP contribution in [0.2, 0.25) is 0 Å². The predicted molar refractivity (Wildman–Crippen MR) is 97.2 cm³/mol. The normalized spacial score (nSPS) is 11.9. The maximum absolute atomic E-state index is 12.2. The highest BCUT2D eigenvalue weighted by atomic mass is 16.5. The Morgan fingerprint density at radius 2 is 1.71 bits per heavy atom. The molecule has 0 aromatic heterocycles. The maximum atomic E-state index is 12.2. The second-order valence-electron chi connectivity index (χ2n) is 5.91. The molecular weight excluding hydrogens is 298 g/mol. The fraction of sp³-hybridized carbons (Fsp3) is 0.190. The van der Waals surface area contributed by atoms with E-state index in [4.69, 9.17) is 4.74 Å². The monoisotopic (exact) mass is 319 g/mol. The van der Waals surface area contributed by atoms with Crippen LogP contribution in [0, 0.1) is 6.92 Å². The van der Waals surface area contributed by atoms with Gasteiger partial charge in [-0.05, 0) is 36.4 Å². The molecule has 0 fully saturated rings. The molecule has 3 aromatic rings. The first-order chi connectivity index (χ1) is 11.6.